The maximum Gasteiger partial charge on any atom is 0.323 e. The molecule has 0 saturated carbocycles. The minimum atomic E-state index is -0.357. The zero-order valence-electron chi connectivity index (χ0n) is 12.1. The van der Waals surface area contributed by atoms with Gasteiger partial charge in [0.25, 0.3) is 0 Å². The maximum absolute atomic E-state index is 12.0. The average Bonchev–Trinajstić information content (AvgIpc) is 2.47. The number of anilines is 2. The van der Waals surface area contributed by atoms with Crippen LogP contribution in [0.5, 0.6) is 11.5 Å². The molecule has 6 nitrogen and oxygen atoms in total. The molecule has 0 atom stereocenters. The van der Waals surface area contributed by atoms with Crippen molar-refractivity contribution >= 4 is 17.4 Å². The van der Waals surface area contributed by atoms with Crippen LogP contribution in [0, 0.1) is 6.92 Å². The number of aryl methyl sites for hydroxylation is 1. The Morgan fingerprint density at radius 1 is 1.10 bits per heavy atom. The van der Waals surface area contributed by atoms with Gasteiger partial charge in [-0.3, -0.25) is 4.98 Å². The lowest BCUT2D eigenvalue weighted by Gasteiger charge is -2.12. The molecule has 0 bridgehead atoms. The SMILES string of the molecule is COc1ccc(NC(=O)Nc2ccnc(C)c2)c(OC)c1. The highest BCUT2D eigenvalue weighted by Crippen LogP contribution is 2.29. The summed E-state index contributed by atoms with van der Waals surface area (Å²) < 4.78 is 10.3. The lowest BCUT2D eigenvalue weighted by atomic mass is 10.2. The Balaban J connectivity index is 2.09. The molecule has 0 fully saturated rings. The van der Waals surface area contributed by atoms with Gasteiger partial charge in [0, 0.05) is 23.6 Å². The van der Waals surface area contributed by atoms with Gasteiger partial charge in [-0.1, -0.05) is 0 Å². The van der Waals surface area contributed by atoms with E-state index in [0.717, 1.165) is 5.69 Å². The van der Waals surface area contributed by atoms with Gasteiger partial charge in [0.15, 0.2) is 0 Å². The number of nitrogens with one attached hydrogen (secondary N) is 2. The third-order valence-corrected chi connectivity index (χ3v) is 2.81. The fourth-order valence-corrected chi connectivity index (χ4v) is 1.81. The van der Waals surface area contributed by atoms with Crippen molar-refractivity contribution in [3.8, 4) is 11.5 Å². The smallest absolute Gasteiger partial charge is 0.323 e. The summed E-state index contributed by atoms with van der Waals surface area (Å²) >= 11 is 0. The molecular formula is C15H17N3O3. The molecule has 6 heteroatoms. The van der Waals surface area contributed by atoms with Crippen LogP contribution in [-0.2, 0) is 0 Å². The molecule has 1 aromatic heterocycles. The van der Waals surface area contributed by atoms with E-state index >= 15 is 0 Å². The van der Waals surface area contributed by atoms with Crippen LogP contribution in [0.2, 0.25) is 0 Å². The summed E-state index contributed by atoms with van der Waals surface area (Å²) in [5.41, 5.74) is 2.06. The van der Waals surface area contributed by atoms with Gasteiger partial charge in [-0.05, 0) is 31.2 Å². The Kier molecular flexibility index (Phi) is 4.61. The number of hydrogen-bond donors (Lipinski definition) is 2. The minimum Gasteiger partial charge on any atom is -0.497 e. The molecule has 0 aliphatic carbocycles. The Hall–Kier alpha value is -2.76. The number of amides is 2. The number of nitrogens with zero attached hydrogens (tertiary/aromatic N) is 1. The second-order valence-corrected chi connectivity index (χ2v) is 4.33. The van der Waals surface area contributed by atoms with Gasteiger partial charge >= 0.3 is 6.03 Å². The summed E-state index contributed by atoms with van der Waals surface area (Å²) in [7, 11) is 3.10. The highest BCUT2D eigenvalue weighted by molar-refractivity contribution is 6.00. The number of urea groups is 1. The molecule has 2 N–H and O–H groups in total. The number of pyridine rings is 1. The van der Waals surface area contributed by atoms with Crippen LogP contribution in [0.3, 0.4) is 0 Å². The van der Waals surface area contributed by atoms with Crippen LogP contribution in [0.1, 0.15) is 5.69 Å². The van der Waals surface area contributed by atoms with Gasteiger partial charge in [-0.2, -0.15) is 0 Å². The van der Waals surface area contributed by atoms with Crippen LogP contribution in [-0.4, -0.2) is 25.2 Å². The zero-order chi connectivity index (χ0) is 15.2. The first-order chi connectivity index (χ1) is 10.1. The van der Waals surface area contributed by atoms with Crippen molar-refractivity contribution in [3.63, 3.8) is 0 Å². The fraction of sp³-hybridized carbons (Fsp3) is 0.200. The number of carbonyl (C=O) groups is 1. The fourth-order valence-electron chi connectivity index (χ4n) is 1.81. The van der Waals surface area contributed by atoms with Gasteiger partial charge in [0.2, 0.25) is 0 Å². The highest BCUT2D eigenvalue weighted by Gasteiger charge is 2.09. The summed E-state index contributed by atoms with van der Waals surface area (Å²) in [5, 5.41) is 5.46. The molecule has 0 spiro atoms. The monoisotopic (exact) mass is 287 g/mol. The molecule has 21 heavy (non-hydrogen) atoms. The van der Waals surface area contributed by atoms with Crippen molar-refractivity contribution in [3.05, 3.63) is 42.2 Å². The van der Waals surface area contributed by atoms with E-state index in [2.05, 4.69) is 15.6 Å². The van der Waals surface area contributed by atoms with Crippen molar-refractivity contribution in [1.82, 2.24) is 4.98 Å². The van der Waals surface area contributed by atoms with E-state index in [0.29, 0.717) is 22.9 Å². The third-order valence-electron chi connectivity index (χ3n) is 2.81. The standard InChI is InChI=1S/C15H17N3O3/c1-10-8-11(6-7-16-10)17-15(19)18-13-5-4-12(20-2)9-14(13)21-3/h4-9H,1-3H3,(H2,16,17,18,19). The molecule has 0 aliphatic heterocycles. The Labute approximate surface area is 123 Å². The average molecular weight is 287 g/mol. The molecular weight excluding hydrogens is 270 g/mol. The van der Waals surface area contributed by atoms with Gasteiger partial charge in [-0.15, -0.1) is 0 Å². The summed E-state index contributed by atoms with van der Waals surface area (Å²) in [4.78, 5) is 16.1. The Bertz CT molecular complexity index is 644. The predicted molar refractivity (Wildman–Crippen MR) is 81.2 cm³/mol. The normalized spacial score (nSPS) is 9.86. The van der Waals surface area contributed by atoms with Crippen LogP contribution >= 0.6 is 0 Å². The maximum atomic E-state index is 12.0. The molecule has 0 saturated heterocycles. The first-order valence-corrected chi connectivity index (χ1v) is 6.35. The van der Waals surface area contributed by atoms with Crippen molar-refractivity contribution in [2.75, 3.05) is 24.9 Å². The first kappa shape index (κ1) is 14.6. The highest BCUT2D eigenvalue weighted by atomic mass is 16.5. The van der Waals surface area contributed by atoms with Crippen LogP contribution in [0.4, 0.5) is 16.2 Å². The quantitative estimate of drug-likeness (QED) is 0.906. The topological polar surface area (TPSA) is 72.5 Å². The van der Waals surface area contributed by atoms with E-state index in [4.69, 9.17) is 9.47 Å². The van der Waals surface area contributed by atoms with E-state index in [1.807, 2.05) is 6.92 Å². The van der Waals surface area contributed by atoms with Crippen molar-refractivity contribution in [2.45, 2.75) is 6.92 Å². The largest absolute Gasteiger partial charge is 0.497 e. The molecule has 0 radical (unpaired) electrons. The van der Waals surface area contributed by atoms with E-state index in [1.165, 1.54) is 7.11 Å². The second kappa shape index (κ2) is 6.60. The molecule has 2 rings (SSSR count). The number of aromatic nitrogens is 1. The molecule has 2 amide bonds. The third kappa shape index (κ3) is 3.85. The molecule has 0 unspecified atom stereocenters. The van der Waals surface area contributed by atoms with E-state index in [1.54, 1.807) is 43.6 Å². The lowest BCUT2D eigenvalue weighted by molar-refractivity contribution is 0.262. The molecule has 110 valence electrons. The molecule has 2 aromatic rings. The number of benzene rings is 1. The molecule has 1 heterocycles. The van der Waals surface area contributed by atoms with Crippen molar-refractivity contribution in [2.24, 2.45) is 0 Å². The van der Waals surface area contributed by atoms with Crippen LogP contribution < -0.4 is 20.1 Å². The number of hydrogen-bond acceptors (Lipinski definition) is 4. The summed E-state index contributed by atoms with van der Waals surface area (Å²) in [6.07, 6.45) is 1.64. The number of rotatable bonds is 4. The number of carbonyl (C=O) groups excluding carboxylic acids is 1. The Morgan fingerprint density at radius 3 is 2.57 bits per heavy atom. The van der Waals surface area contributed by atoms with Gasteiger partial charge in [0.1, 0.15) is 11.5 Å². The summed E-state index contributed by atoms with van der Waals surface area (Å²) in [6.45, 7) is 1.86. The Morgan fingerprint density at radius 2 is 1.90 bits per heavy atom. The van der Waals surface area contributed by atoms with E-state index in [-0.39, 0.29) is 6.03 Å². The predicted octanol–water partition coefficient (Wildman–Crippen LogP) is 3.05. The lowest BCUT2D eigenvalue weighted by Crippen LogP contribution is -2.19. The van der Waals surface area contributed by atoms with Crippen molar-refractivity contribution in [1.29, 1.82) is 0 Å². The van der Waals surface area contributed by atoms with Crippen LogP contribution in [0.25, 0.3) is 0 Å². The van der Waals surface area contributed by atoms with Crippen molar-refractivity contribution < 1.29 is 14.3 Å². The van der Waals surface area contributed by atoms with Crippen LogP contribution in [0.15, 0.2) is 36.5 Å². The molecule has 1 aromatic carbocycles. The van der Waals surface area contributed by atoms with Gasteiger partial charge in [0.05, 0.1) is 19.9 Å². The van der Waals surface area contributed by atoms with Gasteiger partial charge < -0.3 is 20.1 Å². The second-order valence-electron chi connectivity index (χ2n) is 4.33. The molecule has 0 aliphatic rings. The van der Waals surface area contributed by atoms with E-state index in [9.17, 15) is 4.79 Å². The number of methoxy groups -OCH3 is 2. The first-order valence-electron chi connectivity index (χ1n) is 6.35. The summed E-state index contributed by atoms with van der Waals surface area (Å²) in [6, 6.07) is 8.31. The summed E-state index contributed by atoms with van der Waals surface area (Å²) in [5.74, 6) is 1.18. The minimum absolute atomic E-state index is 0.357. The zero-order valence-corrected chi connectivity index (χ0v) is 12.1. The number of ether oxygens (including phenoxy) is 2. The van der Waals surface area contributed by atoms with E-state index < -0.39 is 0 Å². The van der Waals surface area contributed by atoms with Gasteiger partial charge in [-0.25, -0.2) is 4.79 Å².